The average molecular weight is 416 g/mol. The zero-order chi connectivity index (χ0) is 20.7. The maximum Gasteiger partial charge on any atom is 0.261 e. The highest BCUT2D eigenvalue weighted by Gasteiger charge is 2.27. The molecule has 0 aliphatic heterocycles. The predicted octanol–water partition coefficient (Wildman–Crippen LogP) is 5.12. The number of hydrogen-bond donors (Lipinski definition) is 0. The topological polar surface area (TPSA) is 57.0 Å². The molecule has 0 unspecified atom stereocenters. The summed E-state index contributed by atoms with van der Waals surface area (Å²) in [4.78, 5) is 22.2. The third kappa shape index (κ3) is 3.33. The molecule has 5 rings (SSSR count). The smallest absolute Gasteiger partial charge is 0.261 e. The summed E-state index contributed by atoms with van der Waals surface area (Å²) in [5, 5.41) is 2.88. The third-order valence-corrected chi connectivity index (χ3v) is 6.41. The van der Waals surface area contributed by atoms with E-state index >= 15 is 0 Å². The fraction of sp³-hybridized carbons (Fsp3) is 0.208. The lowest BCUT2D eigenvalue weighted by Gasteiger charge is -2.16. The zero-order valence-electron chi connectivity index (χ0n) is 16.8. The summed E-state index contributed by atoms with van der Waals surface area (Å²) in [6.07, 6.45) is 5.88. The van der Waals surface area contributed by atoms with Crippen molar-refractivity contribution in [2.24, 2.45) is 7.05 Å². The highest BCUT2D eigenvalue weighted by atomic mass is 32.1. The maximum absolute atomic E-state index is 13.3. The van der Waals surface area contributed by atoms with Crippen LogP contribution in [0.5, 0.6) is 5.75 Å². The van der Waals surface area contributed by atoms with E-state index in [1.54, 1.807) is 35.4 Å². The SMILES string of the molecule is COc1ccc(-c2cc(-c3nc(C4CC4)cs3)c(=O)n(C)c2-c2ccncc2)cc1. The van der Waals surface area contributed by atoms with Crippen molar-refractivity contribution >= 4 is 11.3 Å². The van der Waals surface area contributed by atoms with Gasteiger partial charge in [0.25, 0.3) is 5.56 Å². The van der Waals surface area contributed by atoms with Crippen LogP contribution in [-0.2, 0) is 7.05 Å². The largest absolute Gasteiger partial charge is 0.497 e. The molecule has 1 saturated carbocycles. The fourth-order valence-corrected chi connectivity index (χ4v) is 4.63. The second kappa shape index (κ2) is 7.54. The van der Waals surface area contributed by atoms with Crippen LogP contribution in [0.15, 0.2) is 65.0 Å². The summed E-state index contributed by atoms with van der Waals surface area (Å²) < 4.78 is 7.04. The first kappa shape index (κ1) is 18.8. The summed E-state index contributed by atoms with van der Waals surface area (Å²) in [7, 11) is 3.48. The number of ether oxygens (including phenoxy) is 1. The number of pyridine rings is 2. The van der Waals surface area contributed by atoms with Crippen LogP contribution in [0.25, 0.3) is 33.0 Å². The average Bonchev–Trinajstić information content (AvgIpc) is 3.53. The number of nitrogens with zero attached hydrogens (tertiary/aromatic N) is 3. The van der Waals surface area contributed by atoms with Gasteiger partial charge in [-0.3, -0.25) is 9.78 Å². The molecule has 6 heteroatoms. The van der Waals surface area contributed by atoms with Crippen LogP contribution >= 0.6 is 11.3 Å². The Morgan fingerprint density at radius 1 is 1.03 bits per heavy atom. The summed E-state index contributed by atoms with van der Waals surface area (Å²) in [5.41, 5.74) is 5.49. The van der Waals surface area contributed by atoms with E-state index in [4.69, 9.17) is 9.72 Å². The first-order chi connectivity index (χ1) is 14.7. The Balaban J connectivity index is 1.73. The highest BCUT2D eigenvalue weighted by molar-refractivity contribution is 7.13. The molecule has 0 atom stereocenters. The molecule has 0 spiro atoms. The van der Waals surface area contributed by atoms with Crippen LogP contribution in [0, 0.1) is 0 Å². The summed E-state index contributed by atoms with van der Waals surface area (Å²) >= 11 is 1.55. The Bertz CT molecular complexity index is 1260. The number of rotatable bonds is 5. The first-order valence-corrected chi connectivity index (χ1v) is 10.8. The van der Waals surface area contributed by atoms with Crippen molar-refractivity contribution < 1.29 is 4.74 Å². The second-order valence-electron chi connectivity index (χ2n) is 7.50. The van der Waals surface area contributed by atoms with Crippen LogP contribution < -0.4 is 10.3 Å². The molecule has 0 bridgehead atoms. The van der Waals surface area contributed by atoms with Gasteiger partial charge in [-0.2, -0.15) is 0 Å². The number of methoxy groups -OCH3 is 1. The molecule has 4 aromatic rings. The lowest BCUT2D eigenvalue weighted by atomic mass is 9.97. The molecule has 1 aliphatic carbocycles. The Hall–Kier alpha value is -3.25. The van der Waals surface area contributed by atoms with E-state index in [2.05, 4.69) is 10.4 Å². The molecule has 1 aromatic carbocycles. The van der Waals surface area contributed by atoms with Gasteiger partial charge >= 0.3 is 0 Å². The summed E-state index contributed by atoms with van der Waals surface area (Å²) in [6.45, 7) is 0. The van der Waals surface area contributed by atoms with Gasteiger partial charge in [0.05, 0.1) is 24.1 Å². The standard InChI is InChI=1S/C24H21N3O2S/c1-27-22(17-9-11-25-12-10-17)19(15-5-7-18(29-2)8-6-15)13-20(24(27)28)23-26-21(14-30-23)16-3-4-16/h5-14,16H,3-4H2,1-2H3. The van der Waals surface area contributed by atoms with Crippen LogP contribution in [0.1, 0.15) is 24.5 Å². The molecule has 3 heterocycles. The minimum atomic E-state index is -0.0456. The Morgan fingerprint density at radius 2 is 1.77 bits per heavy atom. The van der Waals surface area contributed by atoms with E-state index < -0.39 is 0 Å². The van der Waals surface area contributed by atoms with Crippen LogP contribution in [0.3, 0.4) is 0 Å². The van der Waals surface area contributed by atoms with Crippen LogP contribution in [0.2, 0.25) is 0 Å². The molecule has 30 heavy (non-hydrogen) atoms. The number of aromatic nitrogens is 3. The van der Waals surface area contributed by atoms with E-state index in [1.165, 1.54) is 12.8 Å². The van der Waals surface area contributed by atoms with E-state index in [-0.39, 0.29) is 5.56 Å². The van der Waals surface area contributed by atoms with E-state index in [1.807, 2.05) is 49.5 Å². The van der Waals surface area contributed by atoms with Crippen LogP contribution in [-0.4, -0.2) is 21.6 Å². The van der Waals surface area contributed by atoms with Crippen molar-refractivity contribution in [1.82, 2.24) is 14.5 Å². The number of benzene rings is 1. The number of hydrogen-bond acceptors (Lipinski definition) is 5. The van der Waals surface area contributed by atoms with Crippen molar-refractivity contribution in [1.29, 1.82) is 0 Å². The molecule has 1 aliphatic rings. The Kier molecular flexibility index (Phi) is 4.71. The fourth-order valence-electron chi connectivity index (χ4n) is 3.72. The molecular formula is C24H21N3O2S. The predicted molar refractivity (Wildman–Crippen MR) is 120 cm³/mol. The monoisotopic (exact) mass is 415 g/mol. The van der Waals surface area contributed by atoms with Gasteiger partial charge in [0.2, 0.25) is 0 Å². The normalized spacial score (nSPS) is 13.4. The van der Waals surface area contributed by atoms with Gasteiger partial charge in [-0.25, -0.2) is 4.98 Å². The number of thiazole rings is 1. The van der Waals surface area contributed by atoms with Crippen molar-refractivity contribution in [2.75, 3.05) is 7.11 Å². The molecular weight excluding hydrogens is 394 g/mol. The van der Waals surface area contributed by atoms with Crippen molar-refractivity contribution in [3.8, 4) is 38.7 Å². The highest BCUT2D eigenvalue weighted by Crippen LogP contribution is 2.42. The zero-order valence-corrected chi connectivity index (χ0v) is 17.6. The molecule has 0 N–H and O–H groups in total. The third-order valence-electron chi connectivity index (χ3n) is 5.52. The van der Waals surface area contributed by atoms with E-state index in [0.717, 1.165) is 38.8 Å². The van der Waals surface area contributed by atoms with Gasteiger partial charge in [0.15, 0.2) is 0 Å². The molecule has 0 radical (unpaired) electrons. The second-order valence-corrected chi connectivity index (χ2v) is 8.36. The minimum absolute atomic E-state index is 0.0456. The summed E-state index contributed by atoms with van der Waals surface area (Å²) in [6, 6.07) is 13.7. The maximum atomic E-state index is 13.3. The van der Waals surface area contributed by atoms with Gasteiger partial charge in [-0.05, 0) is 48.7 Å². The lowest BCUT2D eigenvalue weighted by molar-refractivity contribution is 0.415. The quantitative estimate of drug-likeness (QED) is 0.454. The van der Waals surface area contributed by atoms with E-state index in [9.17, 15) is 4.79 Å². The van der Waals surface area contributed by atoms with Gasteiger partial charge in [0, 0.05) is 41.9 Å². The lowest BCUT2D eigenvalue weighted by Crippen LogP contribution is -2.21. The van der Waals surface area contributed by atoms with Gasteiger partial charge in [-0.1, -0.05) is 12.1 Å². The van der Waals surface area contributed by atoms with E-state index in [0.29, 0.717) is 11.5 Å². The molecule has 0 amide bonds. The minimum Gasteiger partial charge on any atom is -0.497 e. The molecule has 150 valence electrons. The van der Waals surface area contributed by atoms with Crippen molar-refractivity contribution in [2.45, 2.75) is 18.8 Å². The molecule has 5 nitrogen and oxygen atoms in total. The molecule has 3 aromatic heterocycles. The van der Waals surface area contributed by atoms with Crippen molar-refractivity contribution in [3.05, 3.63) is 76.3 Å². The van der Waals surface area contributed by atoms with Crippen molar-refractivity contribution in [3.63, 3.8) is 0 Å². The van der Waals surface area contributed by atoms with Gasteiger partial charge in [0.1, 0.15) is 10.8 Å². The van der Waals surface area contributed by atoms with Gasteiger partial charge in [-0.15, -0.1) is 11.3 Å². The van der Waals surface area contributed by atoms with Crippen LogP contribution in [0.4, 0.5) is 0 Å². The molecule has 0 saturated heterocycles. The Labute approximate surface area is 178 Å². The van der Waals surface area contributed by atoms with Gasteiger partial charge < -0.3 is 9.30 Å². The summed E-state index contributed by atoms with van der Waals surface area (Å²) in [5.74, 6) is 1.36. The molecule has 1 fully saturated rings. The Morgan fingerprint density at radius 3 is 2.43 bits per heavy atom. The first-order valence-electron chi connectivity index (χ1n) is 9.90.